The van der Waals surface area contributed by atoms with Gasteiger partial charge in [0.05, 0.1) is 35.6 Å². The third-order valence-electron chi connectivity index (χ3n) is 13.5. The lowest BCUT2D eigenvalue weighted by atomic mass is 9.44. The van der Waals surface area contributed by atoms with Gasteiger partial charge in [-0.05, 0) is 60.9 Å². The number of aliphatic hydroxyl groups excluding tert-OH is 2. The van der Waals surface area contributed by atoms with Crippen molar-refractivity contribution >= 4 is 51.5 Å². The number of amides is 1. The minimum absolute atomic E-state index is 0.00960. The van der Waals surface area contributed by atoms with E-state index in [4.69, 9.17) is 23.7 Å². The molecule has 1 saturated heterocycles. The Kier molecular flexibility index (Phi) is 12.4. The van der Waals surface area contributed by atoms with Crippen molar-refractivity contribution in [2.45, 2.75) is 108 Å². The molecule has 4 aliphatic rings. The van der Waals surface area contributed by atoms with Crippen molar-refractivity contribution in [2.24, 2.45) is 16.7 Å². The van der Waals surface area contributed by atoms with Crippen LogP contribution in [-0.2, 0) is 42.9 Å². The highest BCUT2D eigenvalue weighted by Gasteiger charge is 2.78. The molecule has 3 fully saturated rings. The second-order valence-corrected chi connectivity index (χ2v) is 18.4. The van der Waals surface area contributed by atoms with Crippen molar-refractivity contribution in [2.75, 3.05) is 6.61 Å². The number of benzene rings is 3. The molecule has 3 aromatic rings. The fourth-order valence-electron chi connectivity index (χ4n) is 10.2. The quantitative estimate of drug-likeness (QED) is 0.125. The van der Waals surface area contributed by atoms with Gasteiger partial charge >= 0.3 is 23.9 Å². The van der Waals surface area contributed by atoms with E-state index in [-0.39, 0.29) is 35.3 Å². The molecule has 1 aliphatic heterocycles. The van der Waals surface area contributed by atoms with E-state index >= 15 is 4.79 Å². The van der Waals surface area contributed by atoms with Gasteiger partial charge in [-0.25, -0.2) is 9.59 Å². The van der Waals surface area contributed by atoms with E-state index < -0.39 is 113 Å². The number of aliphatic hydroxyl groups is 3. The topological polar surface area (TPSA) is 221 Å². The van der Waals surface area contributed by atoms with E-state index in [2.05, 4.69) is 21.2 Å². The summed E-state index contributed by atoms with van der Waals surface area (Å²) in [6.07, 6.45) is -10.6. The van der Waals surface area contributed by atoms with Crippen LogP contribution >= 0.6 is 15.9 Å². The van der Waals surface area contributed by atoms with E-state index in [0.717, 1.165) is 13.8 Å². The van der Waals surface area contributed by atoms with E-state index in [9.17, 15) is 39.3 Å². The molecule has 2 bridgehead atoms. The largest absolute Gasteiger partial charge is 0.456 e. The number of hydrogen-bond acceptors (Lipinski definition) is 14. The third-order valence-corrected chi connectivity index (χ3v) is 14.0. The summed E-state index contributed by atoms with van der Waals surface area (Å²) in [4.78, 5) is 83.7. The van der Waals surface area contributed by atoms with Gasteiger partial charge < -0.3 is 44.3 Å². The Morgan fingerprint density at radius 3 is 2.10 bits per heavy atom. The maximum absolute atomic E-state index is 15.5. The molecule has 16 heteroatoms. The summed E-state index contributed by atoms with van der Waals surface area (Å²) < 4.78 is 30.9. The van der Waals surface area contributed by atoms with Crippen molar-refractivity contribution in [1.82, 2.24) is 5.32 Å². The first-order valence-electron chi connectivity index (χ1n) is 20.6. The molecule has 15 nitrogen and oxygen atoms in total. The molecule has 0 spiro atoms. The van der Waals surface area contributed by atoms with Crippen LogP contribution in [0.25, 0.3) is 0 Å². The first-order chi connectivity index (χ1) is 29.7. The van der Waals surface area contributed by atoms with E-state index in [0.29, 0.717) is 10.0 Å². The van der Waals surface area contributed by atoms with Crippen LogP contribution in [0.5, 0.6) is 0 Å². The zero-order chi connectivity index (χ0) is 45.8. The van der Waals surface area contributed by atoms with Gasteiger partial charge in [0.2, 0.25) is 0 Å². The fourth-order valence-corrected chi connectivity index (χ4v) is 10.6. The standard InChI is InChI=1S/C47H50BrNO14/c1-24-31(61-43(57)36(53)35(27-14-9-7-10-15-27)49-41(55)28-16-11-8-12-17-28)22-47(58)40(62-42(56)29-18-13-19-30(48)20-29)38-45(6,32(52)21-33-46(38,23-59-33)63-26(3)51)39(54)37(60-25(2)50)34(24)44(47,4)5/h7-20,31-33,35-38,40,52-53,58H,21-23H2,1-6H3,(H,49,55)/t31-,32-,33+,35-,36+,37+,38-,40-,45+,46-,47+/m0/s1. The molecule has 1 amide bonds. The number of nitrogens with one attached hydrogen (secondary N) is 1. The van der Waals surface area contributed by atoms with Gasteiger partial charge in [-0.2, -0.15) is 0 Å². The number of halogens is 1. The Bertz CT molecular complexity index is 2350. The molecular weight excluding hydrogens is 882 g/mol. The van der Waals surface area contributed by atoms with Crippen molar-refractivity contribution in [3.05, 3.63) is 117 Å². The Hall–Kier alpha value is -5.26. The van der Waals surface area contributed by atoms with E-state index in [1.54, 1.807) is 86.6 Å². The highest BCUT2D eigenvalue weighted by molar-refractivity contribution is 9.10. The van der Waals surface area contributed by atoms with Gasteiger partial charge in [0, 0.05) is 42.1 Å². The SMILES string of the molecule is CC(=O)O[C@H]1C(=O)[C@@]2(C)[C@H]([C@H](OC(=O)c3cccc(Br)c3)[C@]3(O)C[C@H](OC(=O)[C@H](O)[C@@H](NC(=O)c4ccccc4)c4ccccc4)C(C)=C1C3(C)C)[C@]1(OC(C)=O)CO[C@@H]1C[C@@H]2O. The molecule has 0 aromatic heterocycles. The minimum atomic E-state index is -2.41. The monoisotopic (exact) mass is 931 g/mol. The highest BCUT2D eigenvalue weighted by Crippen LogP contribution is 2.64. The summed E-state index contributed by atoms with van der Waals surface area (Å²) in [5.41, 5.74) is -7.12. The molecule has 7 rings (SSSR count). The van der Waals surface area contributed by atoms with Gasteiger partial charge in [0.25, 0.3) is 5.91 Å². The van der Waals surface area contributed by atoms with Crippen molar-refractivity contribution in [1.29, 1.82) is 0 Å². The summed E-state index contributed by atoms with van der Waals surface area (Å²) in [5, 5.41) is 40.3. The van der Waals surface area contributed by atoms with E-state index in [1.165, 1.54) is 26.0 Å². The number of carbonyl (C=O) groups excluding carboxylic acids is 6. The second-order valence-electron chi connectivity index (χ2n) is 17.5. The van der Waals surface area contributed by atoms with Gasteiger partial charge in [-0.1, -0.05) is 84.4 Å². The Balaban J connectivity index is 1.39. The average Bonchev–Trinajstić information content (AvgIpc) is 3.23. The summed E-state index contributed by atoms with van der Waals surface area (Å²) >= 11 is 3.37. The Morgan fingerprint density at radius 2 is 1.51 bits per heavy atom. The van der Waals surface area contributed by atoms with Gasteiger partial charge in [0.1, 0.15) is 23.9 Å². The molecule has 4 N–H and O–H groups in total. The normalized spacial score (nSPS) is 31.6. The first kappa shape index (κ1) is 45.8. The van der Waals surface area contributed by atoms with Crippen LogP contribution in [0, 0.1) is 16.7 Å². The number of fused-ring (bicyclic) bond motifs is 5. The molecule has 334 valence electrons. The lowest BCUT2D eigenvalue weighted by Crippen LogP contribution is -2.82. The van der Waals surface area contributed by atoms with Crippen molar-refractivity contribution in [3.8, 4) is 0 Å². The molecule has 1 heterocycles. The van der Waals surface area contributed by atoms with Crippen LogP contribution in [0.3, 0.4) is 0 Å². The third kappa shape index (κ3) is 7.79. The zero-order valence-corrected chi connectivity index (χ0v) is 37.1. The van der Waals surface area contributed by atoms with Gasteiger partial charge in [0.15, 0.2) is 23.6 Å². The lowest BCUT2D eigenvalue weighted by Gasteiger charge is -2.67. The van der Waals surface area contributed by atoms with Crippen LogP contribution in [0.4, 0.5) is 0 Å². The number of ether oxygens (including phenoxy) is 5. The fraction of sp³-hybridized carbons (Fsp3) is 0.447. The number of rotatable bonds is 10. The highest BCUT2D eigenvalue weighted by atomic mass is 79.9. The smallest absolute Gasteiger partial charge is 0.338 e. The molecule has 3 aliphatic carbocycles. The predicted octanol–water partition coefficient (Wildman–Crippen LogP) is 4.50. The number of hydrogen-bond donors (Lipinski definition) is 4. The predicted molar refractivity (Wildman–Crippen MR) is 225 cm³/mol. The van der Waals surface area contributed by atoms with Crippen LogP contribution in [0.1, 0.15) is 86.7 Å². The van der Waals surface area contributed by atoms with Crippen LogP contribution in [0.15, 0.2) is 101 Å². The van der Waals surface area contributed by atoms with Crippen molar-refractivity contribution < 1.29 is 67.8 Å². The van der Waals surface area contributed by atoms with Crippen LogP contribution in [0.2, 0.25) is 0 Å². The number of Topliss-reactive ketones (excluding diaryl/α,β-unsaturated/α-hetero) is 1. The molecule has 63 heavy (non-hydrogen) atoms. The molecule has 0 radical (unpaired) electrons. The summed E-state index contributed by atoms with van der Waals surface area (Å²) in [6, 6.07) is 21.3. The van der Waals surface area contributed by atoms with Crippen molar-refractivity contribution in [3.63, 3.8) is 0 Å². The lowest BCUT2D eigenvalue weighted by molar-refractivity contribution is -0.346. The summed E-state index contributed by atoms with van der Waals surface area (Å²) in [7, 11) is 0. The zero-order valence-electron chi connectivity index (χ0n) is 35.5. The van der Waals surface area contributed by atoms with Gasteiger partial charge in [-0.15, -0.1) is 0 Å². The number of ketones is 1. The molecule has 0 unspecified atom stereocenters. The molecule has 2 saturated carbocycles. The molecule has 3 aromatic carbocycles. The van der Waals surface area contributed by atoms with Crippen LogP contribution in [-0.4, -0.2) is 105 Å². The first-order valence-corrected chi connectivity index (χ1v) is 21.4. The average molecular weight is 933 g/mol. The summed E-state index contributed by atoms with van der Waals surface area (Å²) in [6.45, 7) is 7.95. The Labute approximate surface area is 372 Å². The molecular formula is C47H50BrNO14. The second kappa shape index (κ2) is 17.0. The van der Waals surface area contributed by atoms with E-state index in [1.807, 2.05) is 0 Å². The van der Waals surface area contributed by atoms with Gasteiger partial charge in [-0.3, -0.25) is 19.2 Å². The Morgan fingerprint density at radius 1 is 0.873 bits per heavy atom. The minimum Gasteiger partial charge on any atom is -0.456 e. The summed E-state index contributed by atoms with van der Waals surface area (Å²) in [5.74, 6) is -6.90. The number of esters is 4. The molecule has 11 atom stereocenters. The maximum Gasteiger partial charge on any atom is 0.338 e. The van der Waals surface area contributed by atoms with Crippen LogP contribution < -0.4 is 5.32 Å². The number of carbonyl (C=O) groups is 6. The maximum atomic E-state index is 15.5.